The lowest BCUT2D eigenvalue weighted by molar-refractivity contribution is -0.122. The van der Waals surface area contributed by atoms with E-state index in [4.69, 9.17) is 0 Å². The molecule has 134 valence electrons. The lowest BCUT2D eigenvalue weighted by Crippen LogP contribution is -2.46. The molecule has 0 spiro atoms. The van der Waals surface area contributed by atoms with Gasteiger partial charge >= 0.3 is 0 Å². The molecule has 1 aromatic carbocycles. The quantitative estimate of drug-likeness (QED) is 0.452. The van der Waals surface area contributed by atoms with Crippen LogP contribution in [-0.2, 0) is 11.3 Å². The van der Waals surface area contributed by atoms with E-state index in [1.54, 1.807) is 0 Å². The molecule has 0 radical (unpaired) electrons. The summed E-state index contributed by atoms with van der Waals surface area (Å²) in [7, 11) is 0. The average Bonchev–Trinajstić information content (AvgIpc) is 2.56. The minimum Gasteiger partial charge on any atom is -0.507 e. The minimum absolute atomic E-state index is 0.126. The number of likely N-dealkylation sites (tertiary alicyclic amines) is 1. The number of benzene rings is 1. The Morgan fingerprint density at radius 3 is 2.71 bits per heavy atom. The van der Waals surface area contributed by atoms with Crippen LogP contribution in [0.3, 0.4) is 0 Å². The molecule has 2 rings (SSSR count). The maximum atomic E-state index is 11.8. The van der Waals surface area contributed by atoms with Gasteiger partial charge in [0.1, 0.15) is 5.75 Å². The Balaban J connectivity index is 1.75. The van der Waals surface area contributed by atoms with Crippen molar-refractivity contribution in [1.82, 2.24) is 15.5 Å². The number of nitrogens with one attached hydrogen (secondary N) is 2. The average molecular weight is 557 g/mol. The van der Waals surface area contributed by atoms with E-state index >= 15 is 0 Å². The molecule has 0 aromatic heterocycles. The highest BCUT2D eigenvalue weighted by Gasteiger charge is 2.20. The summed E-state index contributed by atoms with van der Waals surface area (Å²) in [5.74, 6) is 0.509. The Hall–Kier alpha value is -0.130. The van der Waals surface area contributed by atoms with Gasteiger partial charge in [-0.3, -0.25) is 9.69 Å². The normalized spacial score (nSPS) is 16.3. The highest BCUT2D eigenvalue weighted by atomic mass is 127. The second-order valence-corrected chi connectivity index (χ2v) is 8.58. The van der Waals surface area contributed by atoms with Gasteiger partial charge in [0.05, 0.1) is 10.1 Å². The van der Waals surface area contributed by atoms with Gasteiger partial charge in [-0.05, 0) is 76.6 Å². The van der Waals surface area contributed by atoms with Crippen LogP contribution in [-0.4, -0.2) is 48.1 Å². The van der Waals surface area contributed by atoms with Crippen molar-refractivity contribution < 1.29 is 9.90 Å². The van der Waals surface area contributed by atoms with E-state index < -0.39 is 0 Å². The molecular weight excluding hydrogens is 532 g/mol. The lowest BCUT2D eigenvalue weighted by atomic mass is 10.0. The molecule has 1 fully saturated rings. The first kappa shape index (κ1) is 20.2. The van der Waals surface area contributed by atoms with E-state index in [0.29, 0.717) is 24.9 Å². The fourth-order valence-electron chi connectivity index (χ4n) is 2.83. The Morgan fingerprint density at radius 1 is 1.33 bits per heavy atom. The van der Waals surface area contributed by atoms with Gasteiger partial charge in [-0.1, -0.05) is 6.92 Å². The molecule has 0 aliphatic carbocycles. The summed E-state index contributed by atoms with van der Waals surface area (Å²) in [4.78, 5) is 14.0. The molecule has 7 heteroatoms. The van der Waals surface area contributed by atoms with Crippen molar-refractivity contribution in [3.63, 3.8) is 0 Å². The predicted octanol–water partition coefficient (Wildman–Crippen LogP) is 2.68. The monoisotopic (exact) mass is 557 g/mol. The van der Waals surface area contributed by atoms with Crippen molar-refractivity contribution in [2.75, 3.05) is 26.2 Å². The van der Waals surface area contributed by atoms with Crippen molar-refractivity contribution in [2.24, 2.45) is 0 Å². The highest BCUT2D eigenvalue weighted by Crippen LogP contribution is 2.27. The third-order valence-electron chi connectivity index (χ3n) is 4.22. The molecule has 24 heavy (non-hydrogen) atoms. The number of aromatic hydroxyl groups is 1. The summed E-state index contributed by atoms with van der Waals surface area (Å²) in [6, 6.07) is 4.44. The van der Waals surface area contributed by atoms with Crippen LogP contribution in [0.2, 0.25) is 0 Å². The third kappa shape index (κ3) is 6.30. The SMILES string of the molecule is CCCNC(=O)CN1CCC(NCc2cc(I)cc(I)c2O)CC1. The molecule has 0 bridgehead atoms. The number of phenols is 1. The number of piperidine rings is 1. The number of carbonyl (C=O) groups is 1. The number of halogens is 2. The van der Waals surface area contributed by atoms with E-state index in [1.165, 1.54) is 0 Å². The Kier molecular flexibility index (Phi) is 8.52. The largest absolute Gasteiger partial charge is 0.507 e. The zero-order valence-electron chi connectivity index (χ0n) is 13.9. The van der Waals surface area contributed by atoms with Crippen molar-refractivity contribution in [2.45, 2.75) is 38.8 Å². The maximum Gasteiger partial charge on any atom is 0.234 e. The summed E-state index contributed by atoms with van der Waals surface area (Å²) >= 11 is 4.44. The minimum atomic E-state index is 0.126. The van der Waals surface area contributed by atoms with E-state index in [2.05, 4.69) is 67.6 Å². The molecule has 1 saturated heterocycles. The number of nitrogens with zero attached hydrogens (tertiary/aromatic N) is 1. The zero-order valence-corrected chi connectivity index (χ0v) is 18.3. The van der Waals surface area contributed by atoms with Crippen LogP contribution in [0.5, 0.6) is 5.75 Å². The first-order valence-corrected chi connectivity index (χ1v) is 10.5. The number of amides is 1. The van der Waals surface area contributed by atoms with Gasteiger partial charge in [0.25, 0.3) is 0 Å². The van der Waals surface area contributed by atoms with Crippen LogP contribution < -0.4 is 10.6 Å². The molecule has 0 atom stereocenters. The molecule has 3 N–H and O–H groups in total. The van der Waals surface area contributed by atoms with Crippen LogP contribution in [0.15, 0.2) is 12.1 Å². The second-order valence-electron chi connectivity index (χ2n) is 6.18. The van der Waals surface area contributed by atoms with Crippen LogP contribution in [0.25, 0.3) is 0 Å². The first-order valence-electron chi connectivity index (χ1n) is 8.39. The number of carbonyl (C=O) groups excluding carboxylic acids is 1. The van der Waals surface area contributed by atoms with Crippen molar-refractivity contribution in [3.05, 3.63) is 24.8 Å². The summed E-state index contributed by atoms with van der Waals surface area (Å²) < 4.78 is 2.03. The van der Waals surface area contributed by atoms with Crippen molar-refractivity contribution >= 4 is 51.1 Å². The summed E-state index contributed by atoms with van der Waals surface area (Å²) in [5.41, 5.74) is 0.952. The van der Waals surface area contributed by atoms with Gasteiger partial charge < -0.3 is 15.7 Å². The molecule has 1 aromatic rings. The molecular formula is C17H25I2N3O2. The van der Waals surface area contributed by atoms with Gasteiger partial charge in [-0.2, -0.15) is 0 Å². The summed E-state index contributed by atoms with van der Waals surface area (Å²) in [5, 5.41) is 16.6. The predicted molar refractivity (Wildman–Crippen MR) is 113 cm³/mol. The highest BCUT2D eigenvalue weighted by molar-refractivity contribution is 14.1. The molecule has 1 heterocycles. The Labute approximate surface area is 171 Å². The molecule has 1 aliphatic heterocycles. The van der Waals surface area contributed by atoms with Gasteiger partial charge in [-0.15, -0.1) is 0 Å². The van der Waals surface area contributed by atoms with E-state index in [1.807, 2.05) is 12.1 Å². The maximum absolute atomic E-state index is 11.8. The van der Waals surface area contributed by atoms with Crippen LogP contribution in [0.4, 0.5) is 0 Å². The second kappa shape index (κ2) is 10.1. The molecule has 5 nitrogen and oxygen atoms in total. The van der Waals surface area contributed by atoms with Crippen molar-refractivity contribution in [1.29, 1.82) is 0 Å². The van der Waals surface area contributed by atoms with Gasteiger partial charge in [-0.25, -0.2) is 0 Å². The number of hydrogen-bond donors (Lipinski definition) is 3. The zero-order chi connectivity index (χ0) is 17.5. The number of phenolic OH excluding ortho intramolecular Hbond substituents is 1. The van der Waals surface area contributed by atoms with Crippen LogP contribution in [0, 0.1) is 7.14 Å². The topological polar surface area (TPSA) is 64.6 Å². The van der Waals surface area contributed by atoms with Crippen LogP contribution in [0.1, 0.15) is 31.7 Å². The third-order valence-corrected chi connectivity index (χ3v) is 5.66. The molecule has 1 aliphatic rings. The Bertz CT molecular complexity index is 561. The molecule has 0 saturated carbocycles. The first-order chi connectivity index (χ1) is 11.5. The van der Waals surface area contributed by atoms with E-state index in [-0.39, 0.29) is 5.91 Å². The summed E-state index contributed by atoms with van der Waals surface area (Å²) in [6.07, 6.45) is 3.04. The van der Waals surface area contributed by atoms with E-state index in [9.17, 15) is 9.90 Å². The van der Waals surface area contributed by atoms with Gasteiger partial charge in [0.2, 0.25) is 5.91 Å². The smallest absolute Gasteiger partial charge is 0.234 e. The van der Waals surface area contributed by atoms with Gasteiger partial charge in [0.15, 0.2) is 0 Å². The number of hydrogen-bond acceptors (Lipinski definition) is 4. The molecule has 0 unspecified atom stereocenters. The number of rotatable bonds is 7. The lowest BCUT2D eigenvalue weighted by Gasteiger charge is -2.32. The summed E-state index contributed by atoms with van der Waals surface area (Å²) in [6.45, 7) is 5.88. The molecule has 1 amide bonds. The van der Waals surface area contributed by atoms with Gasteiger partial charge in [0, 0.05) is 41.4 Å². The fourth-order valence-corrected chi connectivity index (χ4v) is 4.79. The standard InChI is InChI=1S/C17H25I2N3O2/c1-2-5-20-16(23)11-22-6-3-14(4-7-22)21-10-12-8-13(18)9-15(19)17(12)24/h8-9,14,21,24H,2-7,10-11H2,1H3,(H,20,23). The van der Waals surface area contributed by atoms with Crippen molar-refractivity contribution in [3.8, 4) is 5.75 Å². The van der Waals surface area contributed by atoms with E-state index in [0.717, 1.165) is 51.6 Å². The van der Waals surface area contributed by atoms with Crippen LogP contribution >= 0.6 is 45.2 Å². The Morgan fingerprint density at radius 2 is 2.04 bits per heavy atom. The fraction of sp³-hybridized carbons (Fsp3) is 0.588.